The van der Waals surface area contributed by atoms with Crippen molar-refractivity contribution in [3.63, 3.8) is 0 Å². The highest BCUT2D eigenvalue weighted by atomic mass is 19.3. The molecule has 194 valence electrons. The first-order valence-corrected chi connectivity index (χ1v) is 11.5. The van der Waals surface area contributed by atoms with E-state index in [1.165, 1.54) is 31.4 Å². The van der Waals surface area contributed by atoms with E-state index in [4.69, 9.17) is 4.74 Å². The van der Waals surface area contributed by atoms with Gasteiger partial charge in [-0.1, -0.05) is 18.7 Å². The third-order valence-corrected chi connectivity index (χ3v) is 6.00. The molecule has 0 spiro atoms. The first-order valence-electron chi connectivity index (χ1n) is 11.5. The molecule has 1 fully saturated rings. The second kappa shape index (κ2) is 10.9. The number of halogens is 3. The van der Waals surface area contributed by atoms with Gasteiger partial charge in [-0.3, -0.25) is 4.79 Å². The standard InChI is InChI=1S/C26H27F3N6O2/c1-4-23(36)31-18-7-5-6-17(14-18)26(28,29)24-22(37-3)16-30-25(33-24)32-19-8-9-21(20(27)15-19)35-12-10-34(2)11-13-35/h4-9,14-16H,1,10-13H2,2-3H3,(H,31,36)(H,30,32,33). The van der Waals surface area contributed by atoms with Crippen LogP contribution in [-0.4, -0.2) is 61.1 Å². The lowest BCUT2D eigenvalue weighted by atomic mass is 10.0. The van der Waals surface area contributed by atoms with Gasteiger partial charge >= 0.3 is 5.92 Å². The highest BCUT2D eigenvalue weighted by Crippen LogP contribution is 2.40. The van der Waals surface area contributed by atoms with Gasteiger partial charge in [0.1, 0.15) is 5.82 Å². The van der Waals surface area contributed by atoms with Gasteiger partial charge in [-0.2, -0.15) is 8.78 Å². The number of hydrogen-bond donors (Lipinski definition) is 2. The van der Waals surface area contributed by atoms with Gasteiger partial charge < -0.3 is 25.2 Å². The predicted octanol–water partition coefficient (Wildman–Crippen LogP) is 4.38. The summed E-state index contributed by atoms with van der Waals surface area (Å²) in [5.41, 5.74) is -0.146. The number of carbonyl (C=O) groups excluding carboxylic acids is 1. The Morgan fingerprint density at radius 3 is 2.57 bits per heavy atom. The smallest absolute Gasteiger partial charge is 0.318 e. The number of amides is 1. The molecular formula is C26H27F3N6O2. The Morgan fingerprint density at radius 1 is 1.14 bits per heavy atom. The van der Waals surface area contributed by atoms with E-state index in [9.17, 15) is 9.18 Å². The van der Waals surface area contributed by atoms with Crippen LogP contribution in [0.4, 0.5) is 36.2 Å². The molecule has 4 rings (SSSR count). The van der Waals surface area contributed by atoms with Gasteiger partial charge in [-0.25, -0.2) is 14.4 Å². The van der Waals surface area contributed by atoms with E-state index >= 15 is 8.78 Å². The number of nitrogens with one attached hydrogen (secondary N) is 2. The molecule has 0 atom stereocenters. The molecule has 0 bridgehead atoms. The SMILES string of the molecule is C=CC(=O)Nc1cccc(C(F)(F)c2nc(Nc3ccc(N4CCN(C)CC4)c(F)c3)ncc2OC)c1. The number of carbonyl (C=O) groups is 1. The summed E-state index contributed by atoms with van der Waals surface area (Å²) in [4.78, 5) is 23.8. The fourth-order valence-electron chi connectivity index (χ4n) is 3.95. The van der Waals surface area contributed by atoms with E-state index in [1.807, 2.05) is 11.9 Å². The van der Waals surface area contributed by atoms with Crippen molar-refractivity contribution in [3.05, 3.63) is 78.4 Å². The zero-order valence-electron chi connectivity index (χ0n) is 20.5. The number of alkyl halides is 2. The number of rotatable bonds is 8. The molecule has 0 saturated carbocycles. The maximum atomic E-state index is 15.6. The average Bonchev–Trinajstić information content (AvgIpc) is 2.89. The number of methoxy groups -OCH3 is 1. The van der Waals surface area contributed by atoms with E-state index in [0.29, 0.717) is 24.5 Å². The molecule has 0 radical (unpaired) electrons. The number of anilines is 4. The van der Waals surface area contributed by atoms with Gasteiger partial charge in [0.25, 0.3) is 0 Å². The van der Waals surface area contributed by atoms with Crippen molar-refractivity contribution in [1.82, 2.24) is 14.9 Å². The van der Waals surface area contributed by atoms with Crippen LogP contribution >= 0.6 is 0 Å². The molecule has 1 saturated heterocycles. The van der Waals surface area contributed by atoms with E-state index in [2.05, 4.69) is 32.1 Å². The quantitative estimate of drug-likeness (QED) is 0.434. The van der Waals surface area contributed by atoms with E-state index in [0.717, 1.165) is 31.4 Å². The number of nitrogens with zero attached hydrogens (tertiary/aromatic N) is 4. The van der Waals surface area contributed by atoms with E-state index < -0.39 is 28.9 Å². The highest BCUT2D eigenvalue weighted by molar-refractivity contribution is 5.98. The number of aromatic nitrogens is 2. The third-order valence-electron chi connectivity index (χ3n) is 6.00. The van der Waals surface area contributed by atoms with Crippen LogP contribution < -0.4 is 20.3 Å². The van der Waals surface area contributed by atoms with Crippen molar-refractivity contribution >= 4 is 28.9 Å². The normalized spacial score (nSPS) is 14.2. The minimum atomic E-state index is -3.60. The summed E-state index contributed by atoms with van der Waals surface area (Å²) < 4.78 is 51.2. The van der Waals surface area contributed by atoms with Gasteiger partial charge in [0.2, 0.25) is 11.9 Å². The first kappa shape index (κ1) is 26.0. The fraction of sp³-hybridized carbons (Fsp3) is 0.269. The van der Waals surface area contributed by atoms with Gasteiger partial charge in [0, 0.05) is 43.1 Å². The van der Waals surface area contributed by atoms with Crippen LogP contribution in [0, 0.1) is 5.82 Å². The van der Waals surface area contributed by atoms with E-state index in [1.54, 1.807) is 12.1 Å². The second-order valence-corrected chi connectivity index (χ2v) is 8.54. The lowest BCUT2D eigenvalue weighted by Crippen LogP contribution is -2.44. The molecular weight excluding hydrogens is 485 g/mol. The molecule has 2 N–H and O–H groups in total. The lowest BCUT2D eigenvalue weighted by molar-refractivity contribution is -0.111. The summed E-state index contributed by atoms with van der Waals surface area (Å²) in [5, 5.41) is 5.25. The number of benzene rings is 2. The molecule has 1 amide bonds. The van der Waals surface area contributed by atoms with Crippen LogP contribution in [0.3, 0.4) is 0 Å². The Bertz CT molecular complexity index is 1300. The fourth-order valence-corrected chi connectivity index (χ4v) is 3.95. The Labute approximate surface area is 212 Å². The number of hydrogen-bond acceptors (Lipinski definition) is 7. The summed E-state index contributed by atoms with van der Waals surface area (Å²) in [6.45, 7) is 6.43. The van der Waals surface area contributed by atoms with Crippen molar-refractivity contribution in [2.45, 2.75) is 5.92 Å². The van der Waals surface area contributed by atoms with Crippen molar-refractivity contribution < 1.29 is 22.7 Å². The summed E-state index contributed by atoms with van der Waals surface area (Å²) >= 11 is 0. The third kappa shape index (κ3) is 5.83. The van der Waals surface area contributed by atoms with Crippen LogP contribution in [0.15, 0.2) is 61.3 Å². The Kier molecular flexibility index (Phi) is 7.63. The van der Waals surface area contributed by atoms with Crippen molar-refractivity contribution in [1.29, 1.82) is 0 Å². The molecule has 2 aromatic carbocycles. The number of ether oxygens (including phenoxy) is 1. The summed E-state index contributed by atoms with van der Waals surface area (Å²) in [6, 6.07) is 9.79. The Morgan fingerprint density at radius 2 is 1.89 bits per heavy atom. The molecule has 11 heteroatoms. The molecule has 0 unspecified atom stereocenters. The minimum Gasteiger partial charge on any atom is -0.493 e. The van der Waals surface area contributed by atoms with Crippen LogP contribution in [0.25, 0.3) is 0 Å². The van der Waals surface area contributed by atoms with Gasteiger partial charge in [0.15, 0.2) is 11.4 Å². The first-order chi connectivity index (χ1) is 17.7. The van der Waals surface area contributed by atoms with Crippen LogP contribution in [0.1, 0.15) is 11.3 Å². The Hall–Kier alpha value is -4.12. The predicted molar refractivity (Wildman–Crippen MR) is 136 cm³/mol. The minimum absolute atomic E-state index is 0.154. The lowest BCUT2D eigenvalue weighted by Gasteiger charge is -2.34. The molecule has 1 aliphatic rings. The van der Waals surface area contributed by atoms with Crippen LogP contribution in [0.5, 0.6) is 5.75 Å². The van der Waals surface area contributed by atoms with Crippen molar-refractivity contribution in [2.24, 2.45) is 0 Å². The largest absolute Gasteiger partial charge is 0.493 e. The summed E-state index contributed by atoms with van der Waals surface area (Å²) in [5.74, 6) is -4.95. The zero-order chi connectivity index (χ0) is 26.6. The molecule has 8 nitrogen and oxygen atoms in total. The highest BCUT2D eigenvalue weighted by Gasteiger charge is 2.39. The van der Waals surface area contributed by atoms with Gasteiger partial charge in [-0.15, -0.1) is 0 Å². The topological polar surface area (TPSA) is 82.6 Å². The van der Waals surface area contributed by atoms with Crippen LogP contribution in [0.2, 0.25) is 0 Å². The number of likely N-dealkylation sites (N-methyl/N-ethyl adjacent to an activating group) is 1. The second-order valence-electron chi connectivity index (χ2n) is 8.54. The van der Waals surface area contributed by atoms with Gasteiger partial charge in [-0.05, 0) is 43.5 Å². The molecule has 1 aliphatic heterocycles. The van der Waals surface area contributed by atoms with E-state index in [-0.39, 0.29) is 17.4 Å². The monoisotopic (exact) mass is 512 g/mol. The maximum absolute atomic E-state index is 15.6. The Balaban J connectivity index is 1.59. The molecule has 2 heterocycles. The van der Waals surface area contributed by atoms with Crippen LogP contribution in [-0.2, 0) is 10.7 Å². The molecule has 37 heavy (non-hydrogen) atoms. The van der Waals surface area contributed by atoms with Crippen molar-refractivity contribution in [2.75, 3.05) is 55.9 Å². The molecule has 0 aliphatic carbocycles. The molecule has 3 aromatic rings. The molecule has 1 aromatic heterocycles. The van der Waals surface area contributed by atoms with Crippen molar-refractivity contribution in [3.8, 4) is 5.75 Å². The van der Waals surface area contributed by atoms with Gasteiger partial charge in [0.05, 0.1) is 19.0 Å². The number of piperazine rings is 1. The summed E-state index contributed by atoms with van der Waals surface area (Å²) in [6.07, 6.45) is 2.16. The zero-order valence-corrected chi connectivity index (χ0v) is 20.5. The maximum Gasteiger partial charge on any atom is 0.318 e. The summed E-state index contributed by atoms with van der Waals surface area (Å²) in [7, 11) is 3.25. The average molecular weight is 513 g/mol.